The molecule has 3 aromatic rings. The van der Waals surface area contributed by atoms with Crippen molar-refractivity contribution in [3.05, 3.63) is 40.3 Å². The molecule has 6 rings (SSSR count). The van der Waals surface area contributed by atoms with Crippen molar-refractivity contribution >= 4 is 27.8 Å². The maximum atomic E-state index is 14.1. The molecule has 2 aliphatic carbocycles. The van der Waals surface area contributed by atoms with E-state index in [1.54, 1.807) is 0 Å². The van der Waals surface area contributed by atoms with Gasteiger partial charge in [-0.3, -0.25) is 19.2 Å². The summed E-state index contributed by atoms with van der Waals surface area (Å²) in [5.74, 6) is 1.30. The highest BCUT2D eigenvalue weighted by Crippen LogP contribution is 2.32. The van der Waals surface area contributed by atoms with Crippen molar-refractivity contribution in [1.29, 1.82) is 0 Å². The molecule has 0 spiro atoms. The molecule has 0 unspecified atom stereocenters. The molecule has 204 valence electrons. The quantitative estimate of drug-likeness (QED) is 0.454. The van der Waals surface area contributed by atoms with Crippen molar-refractivity contribution in [3.8, 4) is 0 Å². The third-order valence-corrected chi connectivity index (χ3v) is 9.17. The molecular formula is C30H42N6O2. The summed E-state index contributed by atoms with van der Waals surface area (Å²) >= 11 is 0. The number of anilines is 1. The van der Waals surface area contributed by atoms with Crippen molar-refractivity contribution in [2.75, 3.05) is 38.0 Å². The van der Waals surface area contributed by atoms with Gasteiger partial charge in [0.1, 0.15) is 5.65 Å². The number of fused-ring (bicyclic) bond motifs is 3. The van der Waals surface area contributed by atoms with E-state index in [0.717, 1.165) is 81.1 Å². The number of rotatable bonds is 7. The van der Waals surface area contributed by atoms with E-state index in [0.29, 0.717) is 23.6 Å². The van der Waals surface area contributed by atoms with Crippen molar-refractivity contribution in [2.24, 2.45) is 5.92 Å². The first kappa shape index (κ1) is 25.7. The monoisotopic (exact) mass is 518 g/mol. The van der Waals surface area contributed by atoms with Crippen LogP contribution in [0.1, 0.15) is 70.4 Å². The third kappa shape index (κ3) is 5.18. The Kier molecular flexibility index (Phi) is 7.38. The van der Waals surface area contributed by atoms with E-state index in [9.17, 15) is 9.90 Å². The predicted molar refractivity (Wildman–Crippen MR) is 153 cm³/mol. The summed E-state index contributed by atoms with van der Waals surface area (Å²) < 4.78 is 1.92. The average molecular weight is 519 g/mol. The number of benzene rings is 1. The van der Waals surface area contributed by atoms with Crippen molar-refractivity contribution < 1.29 is 5.11 Å². The second-order valence-electron chi connectivity index (χ2n) is 12.0. The number of piperazine rings is 1. The first-order chi connectivity index (χ1) is 18.5. The Bertz CT molecular complexity index is 1330. The zero-order valence-electron chi connectivity index (χ0n) is 22.9. The second-order valence-corrected chi connectivity index (χ2v) is 12.0. The van der Waals surface area contributed by atoms with E-state index in [1.807, 2.05) is 10.8 Å². The van der Waals surface area contributed by atoms with Crippen LogP contribution in [-0.2, 0) is 6.54 Å². The lowest BCUT2D eigenvalue weighted by Crippen LogP contribution is -2.48. The van der Waals surface area contributed by atoms with Crippen LogP contribution in [0.5, 0.6) is 0 Å². The molecule has 8 nitrogen and oxygen atoms in total. The van der Waals surface area contributed by atoms with Crippen LogP contribution < -0.4 is 10.9 Å². The van der Waals surface area contributed by atoms with Crippen LogP contribution in [0, 0.1) is 5.92 Å². The maximum absolute atomic E-state index is 14.1. The van der Waals surface area contributed by atoms with Gasteiger partial charge in [0.25, 0.3) is 5.56 Å². The Labute approximate surface area is 225 Å². The molecular weight excluding hydrogens is 476 g/mol. The van der Waals surface area contributed by atoms with E-state index in [4.69, 9.17) is 4.98 Å². The van der Waals surface area contributed by atoms with Crippen LogP contribution in [-0.4, -0.2) is 74.3 Å². The van der Waals surface area contributed by atoms with Gasteiger partial charge in [0.05, 0.1) is 6.10 Å². The van der Waals surface area contributed by atoms with Gasteiger partial charge in [0.2, 0.25) is 5.95 Å². The fourth-order valence-corrected chi connectivity index (χ4v) is 6.44. The van der Waals surface area contributed by atoms with Crippen LogP contribution in [0.2, 0.25) is 0 Å². The predicted octanol–water partition coefficient (Wildman–Crippen LogP) is 4.16. The highest BCUT2D eigenvalue weighted by molar-refractivity contribution is 6.04. The Balaban J connectivity index is 1.35. The Morgan fingerprint density at radius 3 is 2.45 bits per heavy atom. The lowest BCUT2D eigenvalue weighted by Gasteiger charge is -2.37. The van der Waals surface area contributed by atoms with Gasteiger partial charge in [-0.25, -0.2) is 4.98 Å². The van der Waals surface area contributed by atoms with Crippen LogP contribution in [0.4, 0.5) is 5.95 Å². The normalized spacial score (nSPS) is 23.8. The maximum Gasteiger partial charge on any atom is 0.260 e. The molecule has 0 atom stereocenters. The fourth-order valence-electron chi connectivity index (χ4n) is 6.44. The highest BCUT2D eigenvalue weighted by Gasteiger charge is 2.26. The van der Waals surface area contributed by atoms with Crippen molar-refractivity contribution in [2.45, 2.75) is 83.5 Å². The van der Waals surface area contributed by atoms with Gasteiger partial charge in [0, 0.05) is 68.3 Å². The summed E-state index contributed by atoms with van der Waals surface area (Å²) in [6.45, 7) is 10.5. The zero-order chi connectivity index (χ0) is 26.2. The summed E-state index contributed by atoms with van der Waals surface area (Å²) in [4.78, 5) is 28.7. The van der Waals surface area contributed by atoms with Gasteiger partial charge in [-0.05, 0) is 75.3 Å². The highest BCUT2D eigenvalue weighted by atomic mass is 16.3. The van der Waals surface area contributed by atoms with Gasteiger partial charge in [0.15, 0.2) is 0 Å². The van der Waals surface area contributed by atoms with Crippen LogP contribution in [0.15, 0.2) is 29.2 Å². The van der Waals surface area contributed by atoms with Gasteiger partial charge in [-0.1, -0.05) is 18.6 Å². The molecule has 0 radical (unpaired) electrons. The molecule has 38 heavy (non-hydrogen) atoms. The summed E-state index contributed by atoms with van der Waals surface area (Å²) in [7, 11) is 0. The number of hydrogen-bond acceptors (Lipinski definition) is 7. The van der Waals surface area contributed by atoms with E-state index >= 15 is 0 Å². The minimum absolute atomic E-state index is 0.0315. The second kappa shape index (κ2) is 10.9. The van der Waals surface area contributed by atoms with Gasteiger partial charge < -0.3 is 10.4 Å². The third-order valence-electron chi connectivity index (χ3n) is 9.17. The van der Waals surface area contributed by atoms with Crippen LogP contribution in [0.3, 0.4) is 0 Å². The molecule has 2 saturated carbocycles. The van der Waals surface area contributed by atoms with Crippen molar-refractivity contribution in [1.82, 2.24) is 24.3 Å². The molecule has 8 heteroatoms. The fraction of sp³-hybridized carbons (Fsp3) is 0.633. The van der Waals surface area contributed by atoms with Crippen LogP contribution in [0.25, 0.3) is 21.8 Å². The molecule has 1 aliphatic heterocycles. The molecule has 2 aromatic heterocycles. The van der Waals surface area contributed by atoms with Crippen molar-refractivity contribution in [3.63, 3.8) is 0 Å². The number of aliphatic hydroxyl groups excluding tert-OH is 1. The molecule has 1 aromatic carbocycles. The Morgan fingerprint density at radius 1 is 1.00 bits per heavy atom. The van der Waals surface area contributed by atoms with E-state index < -0.39 is 0 Å². The zero-order valence-corrected chi connectivity index (χ0v) is 22.9. The number of nitrogens with one attached hydrogen (secondary N) is 1. The van der Waals surface area contributed by atoms with E-state index in [2.05, 4.69) is 52.1 Å². The van der Waals surface area contributed by atoms with E-state index in [-0.39, 0.29) is 17.7 Å². The lowest BCUT2D eigenvalue weighted by atomic mass is 9.85. The molecule has 3 aliphatic rings. The summed E-state index contributed by atoms with van der Waals surface area (Å²) in [5, 5.41) is 16.2. The number of nitrogens with zero attached hydrogens (tertiary/aromatic N) is 5. The van der Waals surface area contributed by atoms with E-state index in [1.165, 1.54) is 24.8 Å². The topological polar surface area (TPSA) is 86.5 Å². The molecule has 3 fully saturated rings. The lowest BCUT2D eigenvalue weighted by molar-refractivity contribution is 0.104. The van der Waals surface area contributed by atoms with Crippen LogP contribution >= 0.6 is 0 Å². The number of hydrogen-bond donors (Lipinski definition) is 2. The van der Waals surface area contributed by atoms with Gasteiger partial charge in [-0.15, -0.1) is 0 Å². The van der Waals surface area contributed by atoms with Gasteiger partial charge in [-0.2, -0.15) is 4.98 Å². The summed E-state index contributed by atoms with van der Waals surface area (Å²) in [5.41, 5.74) is 1.92. The SMILES string of the molecule is CC(C)N1CCN(Cc2ccc3c(c2)c(=O)n(C2CCC(O)CC2)c2nc(NCC4CCC4)ncc32)CC1. The number of pyridine rings is 1. The summed E-state index contributed by atoms with van der Waals surface area (Å²) in [6.07, 6.45) is 8.46. The minimum Gasteiger partial charge on any atom is -0.393 e. The molecule has 0 bridgehead atoms. The Hall–Kier alpha value is -2.55. The number of aliphatic hydroxyl groups is 1. The first-order valence-corrected chi connectivity index (χ1v) is 14.7. The molecule has 3 heterocycles. The minimum atomic E-state index is -0.272. The largest absolute Gasteiger partial charge is 0.393 e. The molecule has 2 N–H and O–H groups in total. The van der Waals surface area contributed by atoms with Gasteiger partial charge >= 0.3 is 0 Å². The number of aromatic nitrogens is 3. The Morgan fingerprint density at radius 2 is 1.76 bits per heavy atom. The molecule has 0 amide bonds. The average Bonchev–Trinajstić information content (AvgIpc) is 2.89. The summed E-state index contributed by atoms with van der Waals surface area (Å²) in [6, 6.07) is 6.99. The smallest absolute Gasteiger partial charge is 0.260 e. The molecule has 1 saturated heterocycles. The standard InChI is InChI=1S/C30H42N6O2/c1-20(2)35-14-12-34(13-15-35)19-22-6-11-25-26(16-22)29(38)36(23-7-9-24(37)10-8-23)28-27(25)18-32-30(33-28)31-17-21-4-3-5-21/h6,11,16,18,20-21,23-24,37H,3-5,7-10,12-15,17,19H2,1-2H3,(H,31,32,33). The first-order valence-electron chi connectivity index (χ1n) is 14.7.